The number of anilines is 2. The summed E-state index contributed by atoms with van der Waals surface area (Å²) in [6.45, 7) is 4.33. The molecule has 0 aliphatic carbocycles. The lowest BCUT2D eigenvalue weighted by Crippen LogP contribution is -2.48. The van der Waals surface area contributed by atoms with Crippen molar-refractivity contribution < 1.29 is 14.1 Å². The Morgan fingerprint density at radius 3 is 2.56 bits per heavy atom. The number of amides is 1. The van der Waals surface area contributed by atoms with Crippen LogP contribution in [0, 0.1) is 22.9 Å². The Labute approximate surface area is 156 Å². The summed E-state index contributed by atoms with van der Waals surface area (Å²) >= 11 is 0. The van der Waals surface area contributed by atoms with E-state index in [0.717, 1.165) is 5.56 Å². The molecule has 1 N–H and O–H groups in total. The number of carbonyl (C=O) groups excluding carboxylic acids is 1. The van der Waals surface area contributed by atoms with Crippen LogP contribution < -0.4 is 10.2 Å². The smallest absolute Gasteiger partial charge is 0.293 e. The number of nitrogens with zero attached hydrogens (tertiary/aromatic N) is 3. The summed E-state index contributed by atoms with van der Waals surface area (Å²) in [6, 6.07) is 11.3. The molecule has 0 aromatic heterocycles. The van der Waals surface area contributed by atoms with Crippen molar-refractivity contribution >= 4 is 23.0 Å². The van der Waals surface area contributed by atoms with E-state index < -0.39 is 4.92 Å². The van der Waals surface area contributed by atoms with Crippen LogP contribution >= 0.6 is 0 Å². The predicted molar refractivity (Wildman–Crippen MR) is 102 cm³/mol. The topological polar surface area (TPSA) is 78.7 Å². The van der Waals surface area contributed by atoms with Gasteiger partial charge in [-0.2, -0.15) is 0 Å². The fourth-order valence-electron chi connectivity index (χ4n) is 3.15. The van der Waals surface area contributed by atoms with Gasteiger partial charge in [-0.1, -0.05) is 18.2 Å². The Balaban J connectivity index is 1.56. The van der Waals surface area contributed by atoms with Crippen molar-refractivity contribution in [3.8, 4) is 0 Å². The molecule has 3 rings (SSSR count). The van der Waals surface area contributed by atoms with Gasteiger partial charge in [0.25, 0.3) is 5.69 Å². The first kappa shape index (κ1) is 18.8. The molecule has 27 heavy (non-hydrogen) atoms. The largest absolute Gasteiger partial charge is 0.367 e. The van der Waals surface area contributed by atoms with Crippen LogP contribution in [-0.4, -0.2) is 48.5 Å². The van der Waals surface area contributed by atoms with E-state index in [0.29, 0.717) is 31.9 Å². The molecule has 0 unspecified atom stereocenters. The molecule has 2 aromatic carbocycles. The number of benzene rings is 2. The van der Waals surface area contributed by atoms with Crippen LogP contribution in [0.25, 0.3) is 0 Å². The number of carbonyl (C=O) groups is 1. The van der Waals surface area contributed by atoms with Crippen LogP contribution in [0.2, 0.25) is 0 Å². The van der Waals surface area contributed by atoms with Crippen LogP contribution in [0.1, 0.15) is 5.56 Å². The zero-order valence-corrected chi connectivity index (χ0v) is 15.0. The van der Waals surface area contributed by atoms with Crippen molar-refractivity contribution in [1.82, 2.24) is 4.90 Å². The van der Waals surface area contributed by atoms with E-state index in [-0.39, 0.29) is 29.6 Å². The Morgan fingerprint density at radius 1 is 1.19 bits per heavy atom. The number of hydrogen-bond acceptors (Lipinski definition) is 5. The van der Waals surface area contributed by atoms with Gasteiger partial charge in [0.2, 0.25) is 5.91 Å². The predicted octanol–water partition coefficient (Wildman–Crippen LogP) is 2.80. The van der Waals surface area contributed by atoms with Gasteiger partial charge < -0.3 is 10.2 Å². The minimum atomic E-state index is -0.504. The lowest BCUT2D eigenvalue weighted by atomic mass is 10.2. The van der Waals surface area contributed by atoms with Crippen molar-refractivity contribution in [3.63, 3.8) is 0 Å². The maximum absolute atomic E-state index is 13.9. The van der Waals surface area contributed by atoms with Crippen molar-refractivity contribution in [2.75, 3.05) is 42.9 Å². The molecule has 0 saturated carbocycles. The quantitative estimate of drug-likeness (QED) is 0.645. The highest BCUT2D eigenvalue weighted by Gasteiger charge is 2.22. The van der Waals surface area contributed by atoms with E-state index in [1.807, 2.05) is 9.80 Å². The van der Waals surface area contributed by atoms with Gasteiger partial charge in [0, 0.05) is 32.2 Å². The molecule has 2 aromatic rings. The minimum absolute atomic E-state index is 0.118. The summed E-state index contributed by atoms with van der Waals surface area (Å²) in [5.74, 6) is -0.559. The monoisotopic (exact) mass is 372 g/mol. The number of nitro benzene ring substituents is 1. The second kappa shape index (κ2) is 8.13. The van der Waals surface area contributed by atoms with Gasteiger partial charge in [-0.25, -0.2) is 4.39 Å². The van der Waals surface area contributed by atoms with E-state index in [2.05, 4.69) is 5.32 Å². The SMILES string of the molecule is Cc1ccc(NC(=O)CN2CCN(c3ccccc3F)CC2)c([N+](=O)[O-])c1. The van der Waals surface area contributed by atoms with Gasteiger partial charge in [0.1, 0.15) is 11.5 Å². The fourth-order valence-corrected chi connectivity index (χ4v) is 3.15. The number of nitro groups is 1. The zero-order valence-electron chi connectivity index (χ0n) is 15.0. The summed E-state index contributed by atoms with van der Waals surface area (Å²) in [4.78, 5) is 26.8. The Hall–Kier alpha value is -3.00. The van der Waals surface area contributed by atoms with Gasteiger partial charge in [0.15, 0.2) is 0 Å². The van der Waals surface area contributed by atoms with Gasteiger partial charge in [-0.15, -0.1) is 0 Å². The maximum atomic E-state index is 13.9. The summed E-state index contributed by atoms with van der Waals surface area (Å²) < 4.78 is 13.9. The van der Waals surface area contributed by atoms with Crippen molar-refractivity contribution in [2.45, 2.75) is 6.92 Å². The molecule has 0 atom stereocenters. The molecule has 0 radical (unpaired) electrons. The Morgan fingerprint density at radius 2 is 1.89 bits per heavy atom. The second-order valence-corrected chi connectivity index (χ2v) is 6.54. The second-order valence-electron chi connectivity index (χ2n) is 6.54. The number of para-hydroxylation sites is 1. The van der Waals surface area contributed by atoms with Crippen LogP contribution in [-0.2, 0) is 4.79 Å². The van der Waals surface area contributed by atoms with E-state index in [9.17, 15) is 19.3 Å². The van der Waals surface area contributed by atoms with Crippen LogP contribution in [0.4, 0.5) is 21.5 Å². The van der Waals surface area contributed by atoms with E-state index in [4.69, 9.17) is 0 Å². The molecule has 1 aliphatic heterocycles. The van der Waals surface area contributed by atoms with E-state index >= 15 is 0 Å². The first-order chi connectivity index (χ1) is 12.9. The van der Waals surface area contributed by atoms with E-state index in [1.165, 1.54) is 12.1 Å². The number of nitrogens with one attached hydrogen (secondary N) is 1. The normalized spacial score (nSPS) is 14.8. The Bertz CT molecular complexity index is 851. The summed E-state index contributed by atoms with van der Waals surface area (Å²) in [5.41, 5.74) is 1.40. The molecule has 7 nitrogen and oxygen atoms in total. The standard InChI is InChI=1S/C19H21FN4O3/c1-14-6-7-16(18(12-14)24(26)27)21-19(25)13-22-8-10-23(11-9-22)17-5-3-2-4-15(17)20/h2-7,12H,8-11,13H2,1H3,(H,21,25). The molecule has 0 spiro atoms. The summed E-state index contributed by atoms with van der Waals surface area (Å²) in [6.07, 6.45) is 0. The first-order valence-electron chi connectivity index (χ1n) is 8.71. The number of rotatable bonds is 5. The third kappa shape index (κ3) is 4.59. The van der Waals surface area contributed by atoms with E-state index in [1.54, 1.807) is 37.3 Å². The van der Waals surface area contributed by atoms with Gasteiger partial charge in [0.05, 0.1) is 17.2 Å². The zero-order chi connectivity index (χ0) is 19.4. The lowest BCUT2D eigenvalue weighted by Gasteiger charge is -2.35. The lowest BCUT2D eigenvalue weighted by molar-refractivity contribution is -0.384. The van der Waals surface area contributed by atoms with Gasteiger partial charge >= 0.3 is 0 Å². The Kier molecular flexibility index (Phi) is 5.66. The molecule has 1 heterocycles. The number of aryl methyl sites for hydroxylation is 1. The molecule has 0 bridgehead atoms. The number of hydrogen-bond donors (Lipinski definition) is 1. The van der Waals surface area contributed by atoms with Crippen molar-refractivity contribution in [2.24, 2.45) is 0 Å². The van der Waals surface area contributed by atoms with Crippen molar-refractivity contribution in [3.05, 3.63) is 64.0 Å². The molecule has 142 valence electrons. The fraction of sp³-hybridized carbons (Fsp3) is 0.316. The number of piperazine rings is 1. The average molecular weight is 372 g/mol. The molecule has 1 aliphatic rings. The first-order valence-corrected chi connectivity index (χ1v) is 8.71. The molecule has 8 heteroatoms. The third-order valence-electron chi connectivity index (χ3n) is 4.56. The molecule has 1 amide bonds. The summed E-state index contributed by atoms with van der Waals surface area (Å²) in [5, 5.41) is 13.8. The highest BCUT2D eigenvalue weighted by Crippen LogP contribution is 2.25. The molecule has 1 fully saturated rings. The van der Waals surface area contributed by atoms with Crippen LogP contribution in [0.5, 0.6) is 0 Å². The highest BCUT2D eigenvalue weighted by atomic mass is 19.1. The van der Waals surface area contributed by atoms with Crippen LogP contribution in [0.15, 0.2) is 42.5 Å². The highest BCUT2D eigenvalue weighted by molar-refractivity contribution is 5.94. The molecular weight excluding hydrogens is 351 g/mol. The minimum Gasteiger partial charge on any atom is -0.367 e. The third-order valence-corrected chi connectivity index (χ3v) is 4.56. The van der Waals surface area contributed by atoms with Crippen molar-refractivity contribution in [1.29, 1.82) is 0 Å². The molecule has 1 saturated heterocycles. The van der Waals surface area contributed by atoms with Gasteiger partial charge in [-0.05, 0) is 30.7 Å². The average Bonchev–Trinajstić information content (AvgIpc) is 2.64. The van der Waals surface area contributed by atoms with Crippen LogP contribution in [0.3, 0.4) is 0 Å². The molecular formula is C19H21FN4O3. The summed E-state index contributed by atoms with van der Waals surface area (Å²) in [7, 11) is 0. The maximum Gasteiger partial charge on any atom is 0.293 e. The number of halogens is 1. The van der Waals surface area contributed by atoms with Gasteiger partial charge in [-0.3, -0.25) is 19.8 Å².